The lowest BCUT2D eigenvalue weighted by Gasteiger charge is -2.15. The molecule has 3 rings (SSSR count). The second-order valence-corrected chi connectivity index (χ2v) is 7.85. The molecule has 1 aliphatic rings. The Bertz CT molecular complexity index is 766. The van der Waals surface area contributed by atoms with Crippen LogP contribution in [-0.4, -0.2) is 23.3 Å². The van der Waals surface area contributed by atoms with Gasteiger partial charge in [0.25, 0.3) is 0 Å². The van der Waals surface area contributed by atoms with E-state index < -0.39 is 10.4 Å². The van der Waals surface area contributed by atoms with Gasteiger partial charge in [-0.05, 0) is 54.3 Å². The average molecular weight is 384 g/mol. The molecule has 2 N–H and O–H groups in total. The molecule has 0 spiro atoms. The summed E-state index contributed by atoms with van der Waals surface area (Å²) in [6, 6.07) is 8.16. The minimum Gasteiger partial charge on any atom is -0.289 e. The highest BCUT2D eigenvalue weighted by molar-refractivity contribution is 7.79. The van der Waals surface area contributed by atoms with Crippen molar-refractivity contribution in [2.24, 2.45) is 0 Å². The Kier molecular flexibility index (Phi) is 6.64. The highest BCUT2D eigenvalue weighted by Gasteiger charge is 2.20. The molecular weight excluding hydrogens is 368 g/mol. The van der Waals surface area contributed by atoms with Crippen molar-refractivity contribution in [3.8, 4) is 0 Å². The Morgan fingerprint density at radius 2 is 1.33 bits per heavy atom. The maximum absolute atomic E-state index is 12.5. The zero-order chi connectivity index (χ0) is 17.6. The van der Waals surface area contributed by atoms with Crippen LogP contribution in [0.25, 0.3) is 12.2 Å². The van der Waals surface area contributed by atoms with E-state index in [4.69, 9.17) is 17.5 Å². The first kappa shape index (κ1) is 18.8. The van der Waals surface area contributed by atoms with Crippen LogP contribution in [0.2, 0.25) is 0 Å². The number of hydrogen-bond acceptors (Lipinski definition) is 5. The summed E-state index contributed by atoms with van der Waals surface area (Å²) in [4.78, 5) is 14.8. The molecule has 0 aliphatic heterocycles. The van der Waals surface area contributed by atoms with E-state index in [1.54, 1.807) is 22.7 Å². The second-order valence-electron chi connectivity index (χ2n) is 5.00. The van der Waals surface area contributed by atoms with Crippen molar-refractivity contribution >= 4 is 51.0 Å². The molecule has 8 heteroatoms. The topological polar surface area (TPSA) is 91.7 Å². The van der Waals surface area contributed by atoms with Crippen molar-refractivity contribution in [3.05, 3.63) is 55.9 Å². The van der Waals surface area contributed by atoms with E-state index in [0.717, 1.165) is 30.4 Å². The zero-order valence-corrected chi connectivity index (χ0v) is 15.0. The average Bonchev–Trinajstić information content (AvgIpc) is 3.15. The minimum absolute atomic E-state index is 0.230. The second kappa shape index (κ2) is 8.50. The lowest BCUT2D eigenvalue weighted by atomic mass is 9.88. The Labute approximate surface area is 148 Å². The molecule has 2 aromatic rings. The fourth-order valence-corrected chi connectivity index (χ4v) is 3.63. The third-order valence-electron chi connectivity index (χ3n) is 3.19. The molecule has 0 unspecified atom stereocenters. The molecule has 0 atom stereocenters. The fraction of sp³-hybridized carbons (Fsp3) is 0.188. The summed E-state index contributed by atoms with van der Waals surface area (Å²) < 4.78 is 31.6. The van der Waals surface area contributed by atoms with E-state index in [1.807, 2.05) is 22.9 Å². The molecule has 0 aromatic carbocycles. The summed E-state index contributed by atoms with van der Waals surface area (Å²) in [6.07, 6.45) is 6.97. The van der Waals surface area contributed by atoms with Crippen LogP contribution >= 0.6 is 22.7 Å². The van der Waals surface area contributed by atoms with Crippen LogP contribution < -0.4 is 0 Å². The quantitative estimate of drug-likeness (QED) is 0.592. The first-order valence-electron chi connectivity index (χ1n) is 7.05. The number of carbonyl (C=O) groups is 1. The van der Waals surface area contributed by atoms with Crippen LogP contribution in [0.4, 0.5) is 0 Å². The summed E-state index contributed by atoms with van der Waals surface area (Å²) >= 11 is 3.36. The van der Waals surface area contributed by atoms with Crippen LogP contribution in [0.5, 0.6) is 0 Å². The van der Waals surface area contributed by atoms with Crippen molar-refractivity contribution in [2.75, 3.05) is 0 Å². The molecule has 1 saturated carbocycles. The Hall–Kier alpha value is -1.58. The van der Waals surface area contributed by atoms with Gasteiger partial charge in [0.05, 0.1) is 0 Å². The molecule has 1 fully saturated rings. The van der Waals surface area contributed by atoms with Crippen LogP contribution in [0.3, 0.4) is 0 Å². The maximum Gasteiger partial charge on any atom is 0.394 e. The van der Waals surface area contributed by atoms with Crippen LogP contribution in [0, 0.1) is 0 Å². The number of rotatable bonds is 2. The van der Waals surface area contributed by atoms with Gasteiger partial charge in [-0.1, -0.05) is 12.1 Å². The number of hydrogen-bond donors (Lipinski definition) is 2. The predicted molar refractivity (Wildman–Crippen MR) is 97.6 cm³/mol. The molecule has 2 heterocycles. The van der Waals surface area contributed by atoms with Crippen LogP contribution in [0.15, 0.2) is 46.2 Å². The lowest BCUT2D eigenvalue weighted by molar-refractivity contribution is -0.112. The molecule has 24 heavy (non-hydrogen) atoms. The van der Waals surface area contributed by atoms with E-state index in [2.05, 4.69) is 24.3 Å². The van der Waals surface area contributed by atoms with Gasteiger partial charge in [-0.2, -0.15) is 8.42 Å². The number of ketones is 1. The third-order valence-corrected chi connectivity index (χ3v) is 4.83. The summed E-state index contributed by atoms with van der Waals surface area (Å²) in [5.41, 5.74) is 1.91. The molecule has 0 radical (unpaired) electrons. The molecule has 0 amide bonds. The van der Waals surface area contributed by atoms with Crippen molar-refractivity contribution in [1.82, 2.24) is 0 Å². The van der Waals surface area contributed by atoms with Crippen molar-refractivity contribution in [3.63, 3.8) is 0 Å². The van der Waals surface area contributed by atoms with E-state index in [-0.39, 0.29) is 5.78 Å². The molecule has 128 valence electrons. The lowest BCUT2D eigenvalue weighted by Crippen LogP contribution is -2.11. The van der Waals surface area contributed by atoms with Gasteiger partial charge >= 0.3 is 10.4 Å². The van der Waals surface area contributed by atoms with Gasteiger partial charge in [0, 0.05) is 20.9 Å². The number of thiophene rings is 2. The van der Waals surface area contributed by atoms with E-state index >= 15 is 0 Å². The Morgan fingerprint density at radius 1 is 0.917 bits per heavy atom. The van der Waals surface area contributed by atoms with E-state index in [9.17, 15) is 4.79 Å². The van der Waals surface area contributed by atoms with Gasteiger partial charge in [-0.15, -0.1) is 22.7 Å². The largest absolute Gasteiger partial charge is 0.394 e. The van der Waals surface area contributed by atoms with Crippen molar-refractivity contribution in [1.29, 1.82) is 0 Å². The molecular formula is C16H16O5S3. The Morgan fingerprint density at radius 3 is 1.67 bits per heavy atom. The molecule has 5 nitrogen and oxygen atoms in total. The van der Waals surface area contributed by atoms with Gasteiger partial charge in [0.15, 0.2) is 5.78 Å². The SMILES string of the molecule is O=C1/C(=C\c2cccs2)CCC/C1=C\c1cccs1.O=S(=O)(O)O. The smallest absolute Gasteiger partial charge is 0.289 e. The molecule has 1 aliphatic carbocycles. The van der Waals surface area contributed by atoms with E-state index in [1.165, 1.54) is 9.75 Å². The van der Waals surface area contributed by atoms with Gasteiger partial charge in [-0.25, -0.2) is 0 Å². The monoisotopic (exact) mass is 384 g/mol. The molecule has 0 bridgehead atoms. The van der Waals surface area contributed by atoms with Gasteiger partial charge in [0.2, 0.25) is 0 Å². The highest BCUT2D eigenvalue weighted by atomic mass is 32.3. The minimum atomic E-state index is -4.67. The first-order valence-corrected chi connectivity index (χ1v) is 10.2. The van der Waals surface area contributed by atoms with E-state index in [0.29, 0.717) is 0 Å². The first-order chi connectivity index (χ1) is 11.3. The van der Waals surface area contributed by atoms with Crippen LogP contribution in [0.1, 0.15) is 29.0 Å². The number of Topliss-reactive ketones (excluding diaryl/α,β-unsaturated/α-hetero) is 1. The summed E-state index contributed by atoms with van der Waals surface area (Å²) in [5, 5.41) is 4.09. The maximum atomic E-state index is 12.5. The number of allylic oxidation sites excluding steroid dienone is 2. The zero-order valence-electron chi connectivity index (χ0n) is 12.6. The van der Waals surface area contributed by atoms with Crippen LogP contribution in [-0.2, 0) is 15.2 Å². The highest BCUT2D eigenvalue weighted by Crippen LogP contribution is 2.29. The molecule has 2 aromatic heterocycles. The fourth-order valence-electron chi connectivity index (χ4n) is 2.27. The molecule has 0 saturated heterocycles. The normalized spacial score (nSPS) is 18.5. The third kappa shape index (κ3) is 6.50. The van der Waals surface area contributed by atoms with Crippen molar-refractivity contribution < 1.29 is 22.3 Å². The van der Waals surface area contributed by atoms with Gasteiger partial charge in [-0.3, -0.25) is 13.9 Å². The summed E-state index contributed by atoms with van der Waals surface area (Å²) in [6.45, 7) is 0. The Balaban J connectivity index is 0.000000368. The summed E-state index contributed by atoms with van der Waals surface area (Å²) in [5.74, 6) is 0.230. The predicted octanol–water partition coefficient (Wildman–Crippen LogP) is 4.38. The standard InChI is InChI=1S/C16H14OS2.H2O4S/c17-16-12(10-14-6-2-8-18-14)4-1-5-13(16)11-15-7-3-9-19-15;1-5(2,3)4/h2-3,6-11H,1,4-5H2;(H2,1,2,3,4)/b12-10-,13-11+;. The van der Waals surface area contributed by atoms with Gasteiger partial charge in [0.1, 0.15) is 0 Å². The number of carbonyl (C=O) groups excluding carboxylic acids is 1. The van der Waals surface area contributed by atoms with Gasteiger partial charge < -0.3 is 0 Å². The van der Waals surface area contributed by atoms with Crippen molar-refractivity contribution in [2.45, 2.75) is 19.3 Å². The summed E-state index contributed by atoms with van der Waals surface area (Å²) in [7, 11) is -4.67.